The lowest BCUT2D eigenvalue weighted by molar-refractivity contribution is -0.141. The van der Waals surface area contributed by atoms with E-state index >= 15 is 0 Å². The number of sulfonamides is 1. The fourth-order valence-electron chi connectivity index (χ4n) is 4.52. The van der Waals surface area contributed by atoms with Gasteiger partial charge in [0.15, 0.2) is 0 Å². The van der Waals surface area contributed by atoms with Crippen LogP contribution in [-0.4, -0.2) is 50.0 Å². The number of carbonyl (C=O) groups is 2. The van der Waals surface area contributed by atoms with Crippen LogP contribution < -0.4 is 9.62 Å². The molecule has 1 aliphatic carbocycles. The minimum absolute atomic E-state index is 0.132. The number of benzene rings is 2. The lowest BCUT2D eigenvalue weighted by atomic mass is 10.1. The van der Waals surface area contributed by atoms with E-state index in [1.807, 2.05) is 43.3 Å². The lowest BCUT2D eigenvalue weighted by Crippen LogP contribution is -2.49. The van der Waals surface area contributed by atoms with Gasteiger partial charge in [-0.15, -0.1) is 0 Å². The van der Waals surface area contributed by atoms with E-state index < -0.39 is 16.1 Å². The molecule has 0 aliphatic heterocycles. The van der Waals surface area contributed by atoms with Crippen LogP contribution in [0.1, 0.15) is 56.6 Å². The summed E-state index contributed by atoms with van der Waals surface area (Å²) >= 11 is 3.47. The Balaban J connectivity index is 1.71. The van der Waals surface area contributed by atoms with Crippen LogP contribution in [0.15, 0.2) is 53.0 Å². The van der Waals surface area contributed by atoms with Crippen LogP contribution in [0.4, 0.5) is 5.69 Å². The van der Waals surface area contributed by atoms with Crippen LogP contribution in [0.2, 0.25) is 0 Å². The predicted octanol–water partition coefficient (Wildman–Crippen LogP) is 4.78. The third kappa shape index (κ3) is 8.06. The number of rotatable bonds is 11. The number of aryl methyl sites for hydroxylation is 1. The normalized spacial score (nSPS) is 14.9. The van der Waals surface area contributed by atoms with Gasteiger partial charge in [-0.3, -0.25) is 13.9 Å². The Bertz CT molecular complexity index is 1150. The first-order valence-electron chi connectivity index (χ1n) is 12.4. The Morgan fingerprint density at radius 3 is 2.39 bits per heavy atom. The van der Waals surface area contributed by atoms with Gasteiger partial charge in [0.05, 0.1) is 11.9 Å². The number of nitrogens with one attached hydrogen (secondary N) is 1. The van der Waals surface area contributed by atoms with Crippen molar-refractivity contribution in [3.63, 3.8) is 0 Å². The molecule has 0 spiro atoms. The van der Waals surface area contributed by atoms with Gasteiger partial charge in [0.1, 0.15) is 6.04 Å². The van der Waals surface area contributed by atoms with Crippen LogP contribution in [-0.2, 0) is 26.2 Å². The van der Waals surface area contributed by atoms with Crippen LogP contribution in [0.25, 0.3) is 0 Å². The number of amides is 2. The Labute approximate surface area is 223 Å². The summed E-state index contributed by atoms with van der Waals surface area (Å²) in [5, 5.41) is 3.10. The topological polar surface area (TPSA) is 86.8 Å². The van der Waals surface area contributed by atoms with Gasteiger partial charge < -0.3 is 10.2 Å². The summed E-state index contributed by atoms with van der Waals surface area (Å²) in [5.41, 5.74) is 2.52. The van der Waals surface area contributed by atoms with Gasteiger partial charge in [-0.05, 0) is 62.9 Å². The zero-order valence-electron chi connectivity index (χ0n) is 21.2. The molecule has 9 heteroatoms. The highest BCUT2D eigenvalue weighted by Crippen LogP contribution is 2.21. The van der Waals surface area contributed by atoms with Crippen molar-refractivity contribution < 1.29 is 18.0 Å². The van der Waals surface area contributed by atoms with E-state index in [0.29, 0.717) is 18.7 Å². The van der Waals surface area contributed by atoms with Crippen molar-refractivity contribution in [2.45, 2.75) is 71.0 Å². The standard InChI is InChI=1S/C27H36BrN3O4S/c1-20-13-15-25(16-14-20)31(36(3,34)35)17-7-12-26(32)30(19-22-8-6-9-23(28)18-22)21(2)27(33)29-24-10-4-5-11-24/h6,8-9,13-16,18,21,24H,4-5,7,10-12,17,19H2,1-3H3,(H,29,33). The van der Waals surface area contributed by atoms with Gasteiger partial charge in [-0.25, -0.2) is 8.42 Å². The average Bonchev–Trinajstić information content (AvgIpc) is 3.33. The van der Waals surface area contributed by atoms with Gasteiger partial charge in [0.25, 0.3) is 0 Å². The first-order chi connectivity index (χ1) is 17.0. The van der Waals surface area contributed by atoms with Crippen molar-refractivity contribution in [1.82, 2.24) is 10.2 Å². The molecule has 36 heavy (non-hydrogen) atoms. The summed E-state index contributed by atoms with van der Waals surface area (Å²) in [7, 11) is -3.51. The summed E-state index contributed by atoms with van der Waals surface area (Å²) in [4.78, 5) is 28.0. The second-order valence-electron chi connectivity index (χ2n) is 9.59. The second-order valence-corrected chi connectivity index (χ2v) is 12.4. The molecule has 7 nitrogen and oxygen atoms in total. The maximum absolute atomic E-state index is 13.4. The first-order valence-corrected chi connectivity index (χ1v) is 15.1. The van der Waals surface area contributed by atoms with Crippen molar-refractivity contribution in [3.05, 3.63) is 64.1 Å². The molecule has 3 rings (SSSR count). The minimum Gasteiger partial charge on any atom is -0.352 e. The van der Waals surface area contributed by atoms with E-state index in [2.05, 4.69) is 21.2 Å². The van der Waals surface area contributed by atoms with Gasteiger partial charge in [0.2, 0.25) is 21.8 Å². The van der Waals surface area contributed by atoms with Crippen molar-refractivity contribution in [2.24, 2.45) is 0 Å². The molecule has 1 unspecified atom stereocenters. The van der Waals surface area contributed by atoms with Gasteiger partial charge >= 0.3 is 0 Å². The molecule has 2 amide bonds. The van der Waals surface area contributed by atoms with Crippen LogP contribution in [0.5, 0.6) is 0 Å². The van der Waals surface area contributed by atoms with Gasteiger partial charge in [0, 0.05) is 30.0 Å². The second kappa shape index (κ2) is 12.7. The van der Waals surface area contributed by atoms with Crippen molar-refractivity contribution in [1.29, 1.82) is 0 Å². The molecule has 0 aromatic heterocycles. The van der Waals surface area contributed by atoms with Gasteiger partial charge in [-0.2, -0.15) is 0 Å². The number of halogens is 1. The number of hydrogen-bond donors (Lipinski definition) is 1. The van der Waals surface area contributed by atoms with Crippen molar-refractivity contribution >= 4 is 43.5 Å². The Morgan fingerprint density at radius 2 is 1.78 bits per heavy atom. The van der Waals surface area contributed by atoms with Crippen LogP contribution >= 0.6 is 15.9 Å². The molecule has 1 fully saturated rings. The highest BCUT2D eigenvalue weighted by atomic mass is 79.9. The summed E-state index contributed by atoms with van der Waals surface area (Å²) in [6.45, 7) is 4.18. The van der Waals surface area contributed by atoms with E-state index in [4.69, 9.17) is 0 Å². The summed E-state index contributed by atoms with van der Waals surface area (Å²) < 4.78 is 27.1. The Morgan fingerprint density at radius 1 is 1.11 bits per heavy atom. The fourth-order valence-corrected chi connectivity index (χ4v) is 5.93. The smallest absolute Gasteiger partial charge is 0.242 e. The van der Waals surface area contributed by atoms with Crippen molar-refractivity contribution in [2.75, 3.05) is 17.1 Å². The Hall–Kier alpha value is -2.39. The molecule has 1 atom stereocenters. The van der Waals surface area contributed by atoms with Gasteiger partial charge in [-0.1, -0.05) is 58.6 Å². The third-order valence-corrected chi connectivity index (χ3v) is 8.27. The molecule has 1 N–H and O–H groups in total. The number of hydrogen-bond acceptors (Lipinski definition) is 4. The summed E-state index contributed by atoms with van der Waals surface area (Å²) in [6.07, 6.45) is 5.80. The first kappa shape index (κ1) is 28.2. The molecule has 2 aromatic rings. The van der Waals surface area contributed by atoms with Crippen molar-refractivity contribution in [3.8, 4) is 0 Å². The molecule has 1 saturated carbocycles. The van der Waals surface area contributed by atoms with E-state index in [0.717, 1.165) is 41.3 Å². The van der Waals surface area contributed by atoms with E-state index in [1.165, 1.54) is 10.6 Å². The highest BCUT2D eigenvalue weighted by Gasteiger charge is 2.28. The molecule has 0 radical (unpaired) electrons. The molecule has 196 valence electrons. The molecular weight excluding hydrogens is 542 g/mol. The van der Waals surface area contributed by atoms with E-state index in [-0.39, 0.29) is 30.8 Å². The highest BCUT2D eigenvalue weighted by molar-refractivity contribution is 9.10. The third-order valence-electron chi connectivity index (χ3n) is 6.58. The molecule has 2 aromatic carbocycles. The maximum Gasteiger partial charge on any atom is 0.242 e. The Kier molecular flexibility index (Phi) is 9.96. The molecule has 0 saturated heterocycles. The number of anilines is 1. The van der Waals surface area contributed by atoms with Crippen LogP contribution in [0.3, 0.4) is 0 Å². The largest absolute Gasteiger partial charge is 0.352 e. The minimum atomic E-state index is -3.51. The fraction of sp³-hybridized carbons (Fsp3) is 0.481. The SMILES string of the molecule is Cc1ccc(N(CCCC(=O)N(Cc2cccc(Br)c2)C(C)C(=O)NC2CCCC2)S(C)(=O)=O)cc1. The predicted molar refractivity (Wildman–Crippen MR) is 147 cm³/mol. The molecular formula is C27H36BrN3O4S. The average molecular weight is 579 g/mol. The van der Waals surface area contributed by atoms with E-state index in [9.17, 15) is 18.0 Å². The quantitative estimate of drug-likeness (QED) is 0.416. The monoisotopic (exact) mass is 577 g/mol. The lowest BCUT2D eigenvalue weighted by Gasteiger charge is -2.30. The molecule has 0 heterocycles. The zero-order valence-corrected chi connectivity index (χ0v) is 23.6. The zero-order chi connectivity index (χ0) is 26.3. The molecule has 1 aliphatic rings. The number of carbonyl (C=O) groups excluding carboxylic acids is 2. The summed E-state index contributed by atoms with van der Waals surface area (Å²) in [6, 6.07) is 14.5. The van der Waals surface area contributed by atoms with Crippen LogP contribution in [0, 0.1) is 6.92 Å². The molecule has 0 bridgehead atoms. The number of nitrogens with zero attached hydrogens (tertiary/aromatic N) is 2. The summed E-state index contributed by atoms with van der Waals surface area (Å²) in [5.74, 6) is -0.330. The van der Waals surface area contributed by atoms with E-state index in [1.54, 1.807) is 24.0 Å². The maximum atomic E-state index is 13.4.